The smallest absolute Gasteiger partial charge is 0.407 e. The Morgan fingerprint density at radius 2 is 1.88 bits per heavy atom. The molecular formula is C22H26N4O7S. The van der Waals surface area contributed by atoms with Gasteiger partial charge in [0.15, 0.2) is 5.58 Å². The predicted molar refractivity (Wildman–Crippen MR) is 125 cm³/mol. The molecule has 0 saturated carbocycles. The Kier molecular flexibility index (Phi) is 7.52. The quantitative estimate of drug-likeness (QED) is 0.340. The third-order valence-electron chi connectivity index (χ3n) is 5.47. The third-order valence-corrected chi connectivity index (χ3v) is 7.51. The van der Waals surface area contributed by atoms with Crippen molar-refractivity contribution in [1.29, 1.82) is 0 Å². The van der Waals surface area contributed by atoms with Crippen molar-refractivity contribution in [1.82, 2.24) is 14.2 Å². The zero-order valence-corrected chi connectivity index (χ0v) is 19.9. The van der Waals surface area contributed by atoms with Gasteiger partial charge in [-0.05, 0) is 44.0 Å². The number of oxazole rings is 1. The summed E-state index contributed by atoms with van der Waals surface area (Å²) in [4.78, 5) is 34.7. The molecule has 3 rings (SSSR count). The molecule has 12 heteroatoms. The van der Waals surface area contributed by atoms with E-state index >= 15 is 0 Å². The summed E-state index contributed by atoms with van der Waals surface area (Å²) < 4.78 is 32.7. The van der Waals surface area contributed by atoms with Crippen LogP contribution in [0.4, 0.5) is 5.69 Å². The van der Waals surface area contributed by atoms with Crippen LogP contribution in [-0.2, 0) is 27.9 Å². The molecule has 1 heterocycles. The number of carbonyl (C=O) groups is 1. The number of benzene rings is 2. The van der Waals surface area contributed by atoms with Crippen LogP contribution in [0, 0.1) is 10.1 Å². The number of aromatic nitrogens is 1. The topological polar surface area (TPSA) is 145 Å². The van der Waals surface area contributed by atoms with Gasteiger partial charge in [-0.3, -0.25) is 19.5 Å². The lowest BCUT2D eigenvalue weighted by molar-refractivity contribution is -0.384. The normalized spacial score (nSPS) is 11.9. The van der Waals surface area contributed by atoms with Crippen LogP contribution in [0.25, 0.3) is 11.1 Å². The highest BCUT2D eigenvalue weighted by Crippen LogP contribution is 2.20. The average Bonchev–Trinajstić information content (AvgIpc) is 3.11. The number of aryl methyl sites for hydroxylation is 1. The van der Waals surface area contributed by atoms with Crippen molar-refractivity contribution in [3.63, 3.8) is 0 Å². The number of sulfonamides is 1. The van der Waals surface area contributed by atoms with Gasteiger partial charge in [-0.15, -0.1) is 0 Å². The molecule has 1 amide bonds. The molecule has 0 radical (unpaired) electrons. The lowest BCUT2D eigenvalue weighted by Crippen LogP contribution is -2.33. The van der Waals surface area contributed by atoms with E-state index in [1.54, 1.807) is 26.0 Å². The van der Waals surface area contributed by atoms with E-state index < -0.39 is 20.7 Å². The highest BCUT2D eigenvalue weighted by molar-refractivity contribution is 7.89. The van der Waals surface area contributed by atoms with Crippen LogP contribution in [0.5, 0.6) is 0 Å². The fraction of sp³-hybridized carbons (Fsp3) is 0.364. The summed E-state index contributed by atoms with van der Waals surface area (Å²) in [5, 5.41) is 13.6. The zero-order valence-electron chi connectivity index (χ0n) is 19.1. The van der Waals surface area contributed by atoms with Crippen molar-refractivity contribution in [3.05, 3.63) is 68.7 Å². The summed E-state index contributed by atoms with van der Waals surface area (Å²) in [6.07, 6.45) is 0.508. The second-order valence-electron chi connectivity index (χ2n) is 8.07. The van der Waals surface area contributed by atoms with Crippen LogP contribution in [0.3, 0.4) is 0 Å². The first-order valence-corrected chi connectivity index (χ1v) is 12.1. The number of hydrogen-bond acceptors (Lipinski definition) is 7. The highest BCUT2D eigenvalue weighted by Gasteiger charge is 2.22. The van der Waals surface area contributed by atoms with Crippen molar-refractivity contribution in [2.24, 2.45) is 0 Å². The van der Waals surface area contributed by atoms with Crippen LogP contribution in [-0.4, -0.2) is 41.2 Å². The van der Waals surface area contributed by atoms with Crippen molar-refractivity contribution in [2.45, 2.75) is 50.7 Å². The average molecular weight is 491 g/mol. The number of nitrogens with one attached hydrogen (secondary N) is 1. The fourth-order valence-electron chi connectivity index (χ4n) is 3.29. The second-order valence-corrected chi connectivity index (χ2v) is 10.1. The van der Waals surface area contributed by atoms with E-state index in [4.69, 9.17) is 4.42 Å². The van der Waals surface area contributed by atoms with E-state index in [2.05, 4.69) is 5.32 Å². The third kappa shape index (κ3) is 5.51. The minimum Gasteiger partial charge on any atom is -0.407 e. The van der Waals surface area contributed by atoms with E-state index in [1.165, 1.54) is 46.3 Å². The van der Waals surface area contributed by atoms with Gasteiger partial charge < -0.3 is 9.73 Å². The van der Waals surface area contributed by atoms with E-state index in [1.807, 2.05) is 0 Å². The molecule has 0 fully saturated rings. The lowest BCUT2D eigenvalue weighted by Gasteiger charge is -2.21. The zero-order chi connectivity index (χ0) is 25.0. The summed E-state index contributed by atoms with van der Waals surface area (Å²) in [7, 11) is -2.04. The van der Waals surface area contributed by atoms with Crippen molar-refractivity contribution in [3.8, 4) is 0 Å². The van der Waals surface area contributed by atoms with Gasteiger partial charge in [-0.2, -0.15) is 4.31 Å². The number of nitrogens with zero attached hydrogens (tertiary/aromatic N) is 3. The molecule has 1 N–H and O–H groups in total. The Labute approximate surface area is 196 Å². The molecule has 0 saturated heterocycles. The van der Waals surface area contributed by atoms with Gasteiger partial charge >= 0.3 is 5.76 Å². The Balaban J connectivity index is 1.53. The number of non-ortho nitro benzene ring substituents is 1. The van der Waals surface area contributed by atoms with Gasteiger partial charge in [0, 0.05) is 38.7 Å². The van der Waals surface area contributed by atoms with E-state index in [9.17, 15) is 28.1 Å². The molecule has 2 aromatic carbocycles. The van der Waals surface area contributed by atoms with Crippen molar-refractivity contribution >= 4 is 32.7 Å². The fourth-order valence-corrected chi connectivity index (χ4v) is 4.66. The molecule has 0 atom stereocenters. The van der Waals surface area contributed by atoms with Crippen molar-refractivity contribution in [2.75, 3.05) is 7.05 Å². The van der Waals surface area contributed by atoms with E-state index in [0.29, 0.717) is 11.9 Å². The summed E-state index contributed by atoms with van der Waals surface area (Å²) in [5.74, 6) is -0.873. The van der Waals surface area contributed by atoms with Gasteiger partial charge in [0.25, 0.3) is 5.69 Å². The van der Waals surface area contributed by atoms with Crippen LogP contribution in [0.2, 0.25) is 0 Å². The van der Waals surface area contributed by atoms with Crippen LogP contribution < -0.4 is 11.1 Å². The maximum absolute atomic E-state index is 12.5. The van der Waals surface area contributed by atoms with Gasteiger partial charge in [0.2, 0.25) is 15.9 Å². The second kappa shape index (κ2) is 10.2. The number of carbonyl (C=O) groups excluding carboxylic acids is 1. The molecule has 182 valence electrons. The largest absolute Gasteiger partial charge is 0.419 e. The predicted octanol–water partition coefficient (Wildman–Crippen LogP) is 2.63. The summed E-state index contributed by atoms with van der Waals surface area (Å²) in [6, 6.07) is 10.1. The number of nitro benzene ring substituents is 1. The van der Waals surface area contributed by atoms with E-state index in [-0.39, 0.29) is 47.6 Å². The molecule has 0 unspecified atom stereocenters. The molecule has 1 aromatic heterocycles. The van der Waals surface area contributed by atoms with Crippen LogP contribution in [0.15, 0.2) is 56.6 Å². The SMILES string of the molecule is CC(C)N(C)S(=O)(=O)c1ccc(CNC(=O)CCCn2c(=O)oc3cc([N+](=O)[O-])ccc32)cc1. The minimum absolute atomic E-state index is 0.119. The molecule has 0 spiro atoms. The molecule has 0 aliphatic rings. The van der Waals surface area contributed by atoms with Gasteiger partial charge in [-0.25, -0.2) is 13.2 Å². The van der Waals surface area contributed by atoms with Crippen LogP contribution in [0.1, 0.15) is 32.3 Å². The number of amides is 1. The molecule has 0 aliphatic heterocycles. The molecule has 3 aromatic rings. The van der Waals surface area contributed by atoms with E-state index in [0.717, 1.165) is 5.56 Å². The summed E-state index contributed by atoms with van der Waals surface area (Å²) >= 11 is 0. The van der Waals surface area contributed by atoms with Gasteiger partial charge in [0.1, 0.15) is 0 Å². The monoisotopic (exact) mass is 490 g/mol. The summed E-state index contributed by atoms with van der Waals surface area (Å²) in [6.45, 7) is 4.03. The van der Waals surface area contributed by atoms with Crippen molar-refractivity contribution < 1.29 is 22.6 Å². The van der Waals surface area contributed by atoms with Gasteiger partial charge in [-0.1, -0.05) is 12.1 Å². The molecular weight excluding hydrogens is 464 g/mol. The maximum atomic E-state index is 12.5. The number of fused-ring (bicyclic) bond motifs is 1. The Bertz CT molecular complexity index is 1360. The Morgan fingerprint density at radius 3 is 2.50 bits per heavy atom. The standard InChI is InChI=1S/C22H26N4O7S/c1-15(2)24(3)34(31,32)18-9-6-16(7-10-18)14-23-21(27)5-4-12-25-19-11-8-17(26(29)30)13-20(19)33-22(25)28/h6-11,13,15H,4-5,12,14H2,1-3H3,(H,23,27). The first-order chi connectivity index (χ1) is 16.0. The number of hydrogen-bond donors (Lipinski definition) is 1. The first kappa shape index (κ1) is 25.1. The van der Waals surface area contributed by atoms with Crippen LogP contribution >= 0.6 is 0 Å². The van der Waals surface area contributed by atoms with Gasteiger partial charge in [0.05, 0.1) is 21.4 Å². The molecule has 0 bridgehead atoms. The summed E-state index contributed by atoms with van der Waals surface area (Å²) in [5.41, 5.74) is 1.12. The maximum Gasteiger partial charge on any atom is 0.419 e. The first-order valence-electron chi connectivity index (χ1n) is 10.6. The minimum atomic E-state index is -3.57. The molecule has 11 nitrogen and oxygen atoms in total. The Morgan fingerprint density at radius 1 is 1.21 bits per heavy atom. The molecule has 34 heavy (non-hydrogen) atoms. The lowest BCUT2D eigenvalue weighted by atomic mass is 10.2. The highest BCUT2D eigenvalue weighted by atomic mass is 32.2. The Hall–Kier alpha value is -3.51. The number of nitro groups is 1. The number of rotatable bonds is 10. The molecule has 0 aliphatic carbocycles.